The van der Waals surface area contributed by atoms with Crippen molar-refractivity contribution in [2.24, 2.45) is 5.41 Å². The van der Waals surface area contributed by atoms with Crippen LogP contribution in [0.2, 0.25) is 0 Å². The van der Waals surface area contributed by atoms with Crippen molar-refractivity contribution in [1.29, 1.82) is 0 Å². The van der Waals surface area contributed by atoms with Gasteiger partial charge in [0.05, 0.1) is 18.0 Å². The molecule has 1 aromatic heterocycles. The number of likely N-dealkylation sites (tertiary alicyclic amines) is 1. The van der Waals surface area contributed by atoms with Crippen molar-refractivity contribution in [3.05, 3.63) is 5.82 Å². The maximum atomic E-state index is 11.7. The molecule has 0 radical (unpaired) electrons. The maximum absolute atomic E-state index is 11.7. The largest absolute Gasteiger partial charge is 0.481 e. The molecule has 21 heavy (non-hydrogen) atoms. The van der Waals surface area contributed by atoms with Crippen LogP contribution < -0.4 is 0 Å². The van der Waals surface area contributed by atoms with Gasteiger partial charge < -0.3 is 5.11 Å². The molecule has 0 bridgehead atoms. The molecule has 2 heterocycles. The van der Waals surface area contributed by atoms with Crippen molar-refractivity contribution in [3.8, 4) is 0 Å². The van der Waals surface area contributed by atoms with E-state index in [4.69, 9.17) is 0 Å². The van der Waals surface area contributed by atoms with Gasteiger partial charge in [-0.2, -0.15) is 0 Å². The van der Waals surface area contributed by atoms with Gasteiger partial charge >= 0.3 is 5.97 Å². The smallest absolute Gasteiger partial charge is 0.310 e. The number of carboxylic acid groups (broad SMARTS) is 1. The third kappa shape index (κ3) is 2.92. The Morgan fingerprint density at radius 3 is 2.95 bits per heavy atom. The average Bonchev–Trinajstić information content (AvgIpc) is 3.20. The van der Waals surface area contributed by atoms with E-state index in [1.165, 1.54) is 0 Å². The molecule has 0 spiro atoms. The van der Waals surface area contributed by atoms with Gasteiger partial charge in [0.25, 0.3) is 0 Å². The Kier molecular flexibility index (Phi) is 3.93. The molecule has 1 aromatic rings. The summed E-state index contributed by atoms with van der Waals surface area (Å²) in [4.78, 5) is 13.9. The summed E-state index contributed by atoms with van der Waals surface area (Å²) in [7, 11) is 0. The molecule has 7 nitrogen and oxygen atoms in total. The fraction of sp³-hybridized carbons (Fsp3) is 0.857. The fourth-order valence-electron chi connectivity index (χ4n) is 3.45. The lowest BCUT2D eigenvalue weighted by molar-refractivity contribution is -0.153. The molecule has 3 rings (SSSR count). The highest BCUT2D eigenvalue weighted by molar-refractivity contribution is 5.75. The number of nitrogens with zero attached hydrogens (tertiary/aromatic N) is 5. The molecular weight excluding hydrogens is 270 g/mol. The fourth-order valence-corrected chi connectivity index (χ4v) is 3.45. The number of hydrogen-bond acceptors (Lipinski definition) is 5. The summed E-state index contributed by atoms with van der Waals surface area (Å²) >= 11 is 0. The zero-order chi connectivity index (χ0) is 14.9. The lowest BCUT2D eigenvalue weighted by atomic mass is 9.76. The van der Waals surface area contributed by atoms with E-state index in [2.05, 4.69) is 27.3 Å². The molecule has 1 aliphatic heterocycles. The van der Waals surface area contributed by atoms with Gasteiger partial charge in [-0.05, 0) is 49.1 Å². The highest BCUT2D eigenvalue weighted by atomic mass is 16.4. The summed E-state index contributed by atoms with van der Waals surface area (Å²) in [6.07, 6.45) is 5.64. The van der Waals surface area contributed by atoms with E-state index >= 15 is 0 Å². The second-order valence-corrected chi connectivity index (χ2v) is 6.42. The molecule has 2 aliphatic rings. The van der Waals surface area contributed by atoms with Gasteiger partial charge in [-0.15, -0.1) is 5.10 Å². The summed E-state index contributed by atoms with van der Waals surface area (Å²) in [6, 6.07) is 0.458. The Labute approximate surface area is 124 Å². The van der Waals surface area contributed by atoms with Crippen LogP contribution in [0.4, 0.5) is 0 Å². The zero-order valence-corrected chi connectivity index (χ0v) is 12.5. The first-order chi connectivity index (χ1) is 10.1. The molecular formula is C14H23N5O2. The van der Waals surface area contributed by atoms with Crippen LogP contribution in [-0.4, -0.2) is 49.3 Å². The van der Waals surface area contributed by atoms with Gasteiger partial charge in [-0.1, -0.05) is 13.3 Å². The van der Waals surface area contributed by atoms with E-state index in [0.29, 0.717) is 19.1 Å². The summed E-state index contributed by atoms with van der Waals surface area (Å²) in [5.74, 6) is 0.214. The van der Waals surface area contributed by atoms with Crippen LogP contribution in [0.1, 0.15) is 57.3 Å². The minimum Gasteiger partial charge on any atom is -0.481 e. The van der Waals surface area contributed by atoms with Gasteiger partial charge in [0, 0.05) is 6.54 Å². The highest BCUT2D eigenvalue weighted by Crippen LogP contribution is 2.37. The average molecular weight is 293 g/mol. The van der Waals surface area contributed by atoms with Crippen LogP contribution >= 0.6 is 0 Å². The molecule has 7 heteroatoms. The Bertz CT molecular complexity index is 509. The Morgan fingerprint density at radius 1 is 1.48 bits per heavy atom. The second-order valence-electron chi connectivity index (χ2n) is 6.42. The second kappa shape index (κ2) is 5.71. The molecule has 116 valence electrons. The quantitative estimate of drug-likeness (QED) is 0.855. The lowest BCUT2D eigenvalue weighted by Crippen LogP contribution is -2.47. The normalized spacial score (nSPS) is 26.9. The van der Waals surface area contributed by atoms with E-state index in [9.17, 15) is 9.90 Å². The predicted octanol–water partition coefficient (Wildman–Crippen LogP) is 1.47. The van der Waals surface area contributed by atoms with Crippen LogP contribution in [-0.2, 0) is 11.3 Å². The molecule has 1 aliphatic carbocycles. The molecule has 2 fully saturated rings. The molecule has 1 saturated carbocycles. The van der Waals surface area contributed by atoms with Gasteiger partial charge in [-0.3, -0.25) is 9.69 Å². The van der Waals surface area contributed by atoms with Crippen molar-refractivity contribution in [2.75, 3.05) is 13.1 Å². The molecule has 1 unspecified atom stereocenters. The predicted molar refractivity (Wildman–Crippen MR) is 75.6 cm³/mol. The monoisotopic (exact) mass is 293 g/mol. The SMILES string of the molecule is CCCC1(C(=O)O)CCCN(Cc2nnnn2C2CC2)C1. The number of carbonyl (C=O) groups is 1. The number of aliphatic carboxylic acids is 1. The zero-order valence-electron chi connectivity index (χ0n) is 12.5. The first-order valence-corrected chi connectivity index (χ1v) is 7.87. The Morgan fingerprint density at radius 2 is 2.29 bits per heavy atom. The summed E-state index contributed by atoms with van der Waals surface area (Å²) < 4.78 is 1.91. The number of piperidine rings is 1. The van der Waals surface area contributed by atoms with Crippen molar-refractivity contribution < 1.29 is 9.90 Å². The van der Waals surface area contributed by atoms with Gasteiger partial charge in [0.1, 0.15) is 0 Å². The number of rotatable bonds is 6. The minimum absolute atomic E-state index is 0.458. The molecule has 1 N–H and O–H groups in total. The van der Waals surface area contributed by atoms with Gasteiger partial charge in [0.15, 0.2) is 5.82 Å². The van der Waals surface area contributed by atoms with E-state index in [-0.39, 0.29) is 0 Å². The van der Waals surface area contributed by atoms with Gasteiger partial charge in [-0.25, -0.2) is 4.68 Å². The van der Waals surface area contributed by atoms with E-state index in [1.54, 1.807) is 0 Å². The van der Waals surface area contributed by atoms with Crippen molar-refractivity contribution >= 4 is 5.97 Å². The highest BCUT2D eigenvalue weighted by Gasteiger charge is 2.42. The summed E-state index contributed by atoms with van der Waals surface area (Å²) in [6.45, 7) is 4.24. The number of tetrazole rings is 1. The van der Waals surface area contributed by atoms with E-state index in [1.807, 2.05) is 4.68 Å². The molecule has 0 aromatic carbocycles. The minimum atomic E-state index is -0.657. The molecule has 1 saturated heterocycles. The van der Waals surface area contributed by atoms with E-state index < -0.39 is 11.4 Å². The van der Waals surface area contributed by atoms with Crippen LogP contribution in [0.25, 0.3) is 0 Å². The van der Waals surface area contributed by atoms with Crippen molar-refractivity contribution in [1.82, 2.24) is 25.1 Å². The number of carboxylic acids is 1. The standard InChI is InChI=1S/C14H23N5O2/c1-2-6-14(13(20)21)7-3-8-18(10-14)9-12-15-16-17-19(12)11-4-5-11/h11H,2-10H2,1H3,(H,20,21). The topological polar surface area (TPSA) is 84.1 Å². The third-order valence-corrected chi connectivity index (χ3v) is 4.66. The number of hydrogen-bond donors (Lipinski definition) is 1. The molecule has 0 amide bonds. The van der Waals surface area contributed by atoms with Gasteiger partial charge in [0.2, 0.25) is 0 Å². The molecule has 1 atom stereocenters. The Hall–Kier alpha value is -1.50. The summed E-state index contributed by atoms with van der Waals surface area (Å²) in [5, 5.41) is 21.6. The van der Waals surface area contributed by atoms with Crippen LogP contribution in [0.3, 0.4) is 0 Å². The van der Waals surface area contributed by atoms with Crippen LogP contribution in [0.5, 0.6) is 0 Å². The number of aromatic nitrogens is 4. The van der Waals surface area contributed by atoms with Crippen LogP contribution in [0, 0.1) is 5.41 Å². The maximum Gasteiger partial charge on any atom is 0.310 e. The third-order valence-electron chi connectivity index (χ3n) is 4.66. The van der Waals surface area contributed by atoms with Crippen molar-refractivity contribution in [2.45, 2.75) is 58.0 Å². The lowest BCUT2D eigenvalue weighted by Gasteiger charge is -2.39. The first-order valence-electron chi connectivity index (χ1n) is 7.87. The first kappa shape index (κ1) is 14.4. The Balaban J connectivity index is 1.70. The van der Waals surface area contributed by atoms with Crippen LogP contribution in [0.15, 0.2) is 0 Å². The van der Waals surface area contributed by atoms with E-state index in [0.717, 1.165) is 50.9 Å². The summed E-state index contributed by atoms with van der Waals surface area (Å²) in [5.41, 5.74) is -0.592. The van der Waals surface area contributed by atoms with Crippen molar-refractivity contribution in [3.63, 3.8) is 0 Å².